The molecule has 1 rings (SSSR count). The summed E-state index contributed by atoms with van der Waals surface area (Å²) < 4.78 is 0. The number of rotatable bonds is 3. The van der Waals surface area contributed by atoms with Gasteiger partial charge in [-0.1, -0.05) is 50.3 Å². The molecule has 0 fully saturated rings. The van der Waals surface area contributed by atoms with E-state index in [0.717, 1.165) is 11.1 Å². The average molecular weight is 197 g/mol. The number of hydrogen-bond donors (Lipinski definition) is 0. The first-order valence-corrected chi connectivity index (χ1v) is 5.00. The van der Waals surface area contributed by atoms with Crippen molar-refractivity contribution in [2.45, 2.75) is 13.8 Å². The van der Waals surface area contributed by atoms with E-state index in [9.17, 15) is 0 Å². The predicted molar refractivity (Wildman–Crippen MR) is 64.2 cm³/mol. The van der Waals surface area contributed by atoms with E-state index in [1.165, 1.54) is 0 Å². The molecule has 0 spiro atoms. The van der Waals surface area contributed by atoms with Crippen molar-refractivity contribution in [3.05, 3.63) is 53.6 Å². The Kier molecular flexibility index (Phi) is 3.88. The van der Waals surface area contributed by atoms with Crippen LogP contribution in [0.2, 0.25) is 0 Å². The van der Waals surface area contributed by atoms with Gasteiger partial charge in [-0.15, -0.1) is 0 Å². The Balaban J connectivity index is 2.74. The molecule has 0 heterocycles. The van der Waals surface area contributed by atoms with Crippen LogP contribution in [-0.2, 0) is 0 Å². The summed E-state index contributed by atoms with van der Waals surface area (Å²) >= 11 is 0. The first-order valence-electron chi connectivity index (χ1n) is 5.00. The number of hydrogen-bond acceptors (Lipinski definition) is 1. The minimum atomic E-state index is 0.472. The van der Waals surface area contributed by atoms with Crippen LogP contribution in [0.15, 0.2) is 42.5 Å². The van der Waals surface area contributed by atoms with Crippen LogP contribution in [0.25, 0.3) is 6.08 Å². The van der Waals surface area contributed by atoms with Crippen LogP contribution in [0.4, 0.5) is 0 Å². The van der Waals surface area contributed by atoms with Crippen LogP contribution >= 0.6 is 0 Å². The molecule has 0 bridgehead atoms. The fourth-order valence-electron chi connectivity index (χ4n) is 1.06. The molecule has 0 saturated heterocycles. The van der Waals surface area contributed by atoms with Crippen molar-refractivity contribution in [3.63, 3.8) is 0 Å². The van der Waals surface area contributed by atoms with Crippen LogP contribution in [0, 0.1) is 17.2 Å². The molecule has 0 saturated carbocycles. The van der Waals surface area contributed by atoms with Gasteiger partial charge in [0.15, 0.2) is 0 Å². The van der Waals surface area contributed by atoms with Gasteiger partial charge < -0.3 is 0 Å². The molecule has 15 heavy (non-hydrogen) atoms. The van der Waals surface area contributed by atoms with E-state index in [2.05, 4.69) is 26.5 Å². The molecule has 76 valence electrons. The van der Waals surface area contributed by atoms with E-state index in [1.54, 1.807) is 0 Å². The minimum Gasteiger partial charge on any atom is -0.192 e. The van der Waals surface area contributed by atoms with Crippen LogP contribution in [0.1, 0.15) is 25.0 Å². The third kappa shape index (κ3) is 3.44. The number of benzene rings is 1. The van der Waals surface area contributed by atoms with Crippen molar-refractivity contribution < 1.29 is 0 Å². The van der Waals surface area contributed by atoms with Crippen LogP contribution in [-0.4, -0.2) is 0 Å². The van der Waals surface area contributed by atoms with Gasteiger partial charge in [0.1, 0.15) is 0 Å². The molecule has 1 nitrogen and oxygen atoms in total. The lowest BCUT2D eigenvalue weighted by atomic mass is 10.0. The summed E-state index contributed by atoms with van der Waals surface area (Å²) in [5.41, 5.74) is 2.89. The van der Waals surface area contributed by atoms with Crippen molar-refractivity contribution in [2.24, 2.45) is 5.92 Å². The number of allylic oxidation sites excluding steroid dienone is 2. The van der Waals surface area contributed by atoms with E-state index in [0.29, 0.717) is 11.5 Å². The largest absolute Gasteiger partial charge is 0.192 e. The van der Waals surface area contributed by atoms with Gasteiger partial charge in [0.25, 0.3) is 0 Å². The van der Waals surface area contributed by atoms with E-state index in [1.807, 2.05) is 36.4 Å². The van der Waals surface area contributed by atoms with Crippen LogP contribution < -0.4 is 0 Å². The molecule has 0 aliphatic carbocycles. The maximum absolute atomic E-state index is 8.64. The molecule has 0 aliphatic heterocycles. The molecule has 1 heteroatoms. The Bertz CT molecular complexity index is 402. The Hall–Kier alpha value is -1.81. The lowest BCUT2D eigenvalue weighted by Gasteiger charge is -2.02. The third-order valence-corrected chi connectivity index (χ3v) is 2.27. The van der Waals surface area contributed by atoms with Crippen molar-refractivity contribution in [1.82, 2.24) is 0 Å². The summed E-state index contributed by atoms with van der Waals surface area (Å²) in [5, 5.41) is 8.64. The highest BCUT2D eigenvalue weighted by Crippen LogP contribution is 2.11. The molecule has 0 aromatic heterocycles. The molecule has 0 amide bonds. The van der Waals surface area contributed by atoms with Gasteiger partial charge in [0, 0.05) is 0 Å². The van der Waals surface area contributed by atoms with Gasteiger partial charge in [-0.2, -0.15) is 5.26 Å². The Morgan fingerprint density at radius 3 is 2.40 bits per heavy atom. The monoisotopic (exact) mass is 197 g/mol. The summed E-state index contributed by atoms with van der Waals surface area (Å²) in [6.07, 6.45) is 4.04. The summed E-state index contributed by atoms with van der Waals surface area (Å²) in [6.45, 7) is 8.20. The number of nitrogens with zero attached hydrogens (tertiary/aromatic N) is 1. The first-order chi connectivity index (χ1) is 7.13. The quantitative estimate of drug-likeness (QED) is 0.676. The predicted octanol–water partition coefficient (Wildman–Crippen LogP) is 3.78. The normalized spacial score (nSPS) is 10.5. The van der Waals surface area contributed by atoms with Gasteiger partial charge in [0.2, 0.25) is 0 Å². The lowest BCUT2D eigenvalue weighted by molar-refractivity contribution is 0.796. The smallest absolute Gasteiger partial charge is 0.0991 e. The number of nitriles is 1. The maximum atomic E-state index is 8.64. The highest BCUT2D eigenvalue weighted by atomic mass is 14.2. The molecule has 0 radical (unpaired) electrons. The zero-order valence-electron chi connectivity index (χ0n) is 9.20. The maximum Gasteiger partial charge on any atom is 0.0991 e. The summed E-state index contributed by atoms with van der Waals surface area (Å²) in [7, 11) is 0. The Morgan fingerprint density at radius 1 is 1.33 bits per heavy atom. The first kappa shape index (κ1) is 11.3. The molecule has 1 aromatic rings. The van der Waals surface area contributed by atoms with E-state index in [4.69, 9.17) is 5.26 Å². The van der Waals surface area contributed by atoms with Gasteiger partial charge in [-0.25, -0.2) is 0 Å². The summed E-state index contributed by atoms with van der Waals surface area (Å²) in [6, 6.07) is 9.60. The van der Waals surface area contributed by atoms with Crippen molar-refractivity contribution in [1.29, 1.82) is 5.26 Å². The van der Waals surface area contributed by atoms with Crippen molar-refractivity contribution in [3.8, 4) is 6.07 Å². The van der Waals surface area contributed by atoms with Crippen LogP contribution in [0.5, 0.6) is 0 Å². The standard InChI is InChI=1S/C14H15N/c1-11(2)12(3)4-5-13-6-8-14(10-15)9-7-13/h4-9,11H,3H2,1-2H3/b5-4+. The molecule has 0 aliphatic rings. The second kappa shape index (κ2) is 5.17. The zero-order chi connectivity index (χ0) is 11.3. The molecule has 0 N–H and O–H groups in total. The van der Waals surface area contributed by atoms with Crippen molar-refractivity contribution in [2.75, 3.05) is 0 Å². The van der Waals surface area contributed by atoms with Crippen LogP contribution in [0.3, 0.4) is 0 Å². The second-order valence-electron chi connectivity index (χ2n) is 3.80. The van der Waals surface area contributed by atoms with E-state index in [-0.39, 0.29) is 0 Å². The van der Waals surface area contributed by atoms with Gasteiger partial charge in [0.05, 0.1) is 11.6 Å². The molecule has 0 atom stereocenters. The van der Waals surface area contributed by atoms with E-state index >= 15 is 0 Å². The molecular formula is C14H15N. The third-order valence-electron chi connectivity index (χ3n) is 2.27. The Labute approximate surface area is 91.4 Å². The lowest BCUT2D eigenvalue weighted by Crippen LogP contribution is -1.86. The summed E-state index contributed by atoms with van der Waals surface area (Å²) in [5.74, 6) is 0.472. The van der Waals surface area contributed by atoms with Gasteiger partial charge in [-0.3, -0.25) is 0 Å². The van der Waals surface area contributed by atoms with Gasteiger partial charge in [-0.05, 0) is 23.6 Å². The molecule has 1 aromatic carbocycles. The Morgan fingerprint density at radius 2 is 1.93 bits per heavy atom. The zero-order valence-corrected chi connectivity index (χ0v) is 9.20. The SMILES string of the molecule is C=C(/C=C/c1ccc(C#N)cc1)C(C)C. The van der Waals surface area contributed by atoms with Crippen molar-refractivity contribution >= 4 is 6.08 Å². The van der Waals surface area contributed by atoms with Gasteiger partial charge >= 0.3 is 0 Å². The fourth-order valence-corrected chi connectivity index (χ4v) is 1.06. The topological polar surface area (TPSA) is 23.8 Å². The molecule has 0 unspecified atom stereocenters. The summed E-state index contributed by atoms with van der Waals surface area (Å²) in [4.78, 5) is 0. The van der Waals surface area contributed by atoms with E-state index < -0.39 is 0 Å². The average Bonchev–Trinajstić information content (AvgIpc) is 2.26. The minimum absolute atomic E-state index is 0.472. The molecular weight excluding hydrogens is 182 g/mol. The highest BCUT2D eigenvalue weighted by molar-refractivity contribution is 5.54. The fraction of sp³-hybridized carbons (Fsp3) is 0.214. The highest BCUT2D eigenvalue weighted by Gasteiger charge is 1.94. The second-order valence-corrected chi connectivity index (χ2v) is 3.80.